The van der Waals surface area contributed by atoms with Gasteiger partial charge in [-0.25, -0.2) is 0 Å². The fourth-order valence-electron chi connectivity index (χ4n) is 3.67. The third kappa shape index (κ3) is 3.30. The van der Waals surface area contributed by atoms with Crippen LogP contribution in [-0.2, 0) is 6.18 Å². The van der Waals surface area contributed by atoms with Gasteiger partial charge in [0.2, 0.25) is 0 Å². The van der Waals surface area contributed by atoms with Crippen LogP contribution in [0.4, 0.5) is 13.2 Å². The fourth-order valence-corrected chi connectivity index (χ4v) is 3.67. The molecule has 2 aliphatic rings. The van der Waals surface area contributed by atoms with E-state index < -0.39 is 11.7 Å². The van der Waals surface area contributed by atoms with Crippen molar-refractivity contribution < 1.29 is 13.2 Å². The highest BCUT2D eigenvalue weighted by Gasteiger charge is 2.34. The zero-order chi connectivity index (χ0) is 15.7. The average Bonchev–Trinajstić information content (AvgIpc) is 2.45. The predicted octanol–water partition coefficient (Wildman–Crippen LogP) is 3.64. The average molecular weight is 312 g/mol. The summed E-state index contributed by atoms with van der Waals surface area (Å²) in [7, 11) is 2.16. The first-order chi connectivity index (χ1) is 10.4. The summed E-state index contributed by atoms with van der Waals surface area (Å²) in [5.41, 5.74) is 0.323. The van der Waals surface area contributed by atoms with Crippen LogP contribution < -0.4 is 5.32 Å². The molecule has 5 heteroatoms. The summed E-state index contributed by atoms with van der Waals surface area (Å²) in [5.74, 6) is 0.247. The lowest BCUT2D eigenvalue weighted by Crippen LogP contribution is -2.59. The van der Waals surface area contributed by atoms with Crippen LogP contribution >= 0.6 is 0 Å². The molecule has 0 radical (unpaired) electrons. The number of rotatable bonds is 3. The molecule has 3 rings (SSSR count). The summed E-state index contributed by atoms with van der Waals surface area (Å²) >= 11 is 0. The van der Waals surface area contributed by atoms with E-state index >= 15 is 0 Å². The van der Waals surface area contributed by atoms with E-state index in [1.165, 1.54) is 6.07 Å². The zero-order valence-corrected chi connectivity index (χ0v) is 12.9. The second kappa shape index (κ2) is 6.20. The second-order valence-electron chi connectivity index (χ2n) is 6.62. The smallest absolute Gasteiger partial charge is 0.314 e. The molecule has 1 saturated carbocycles. The van der Waals surface area contributed by atoms with Gasteiger partial charge in [0, 0.05) is 25.2 Å². The molecule has 1 aromatic rings. The highest BCUT2D eigenvalue weighted by Crippen LogP contribution is 2.38. The minimum atomic E-state index is -4.25. The zero-order valence-electron chi connectivity index (χ0n) is 12.9. The van der Waals surface area contributed by atoms with Crippen LogP contribution in [0.15, 0.2) is 24.3 Å². The van der Waals surface area contributed by atoms with Gasteiger partial charge < -0.3 is 5.32 Å². The summed E-state index contributed by atoms with van der Waals surface area (Å²) in [6.45, 7) is 2.06. The first-order valence-corrected chi connectivity index (χ1v) is 8.05. The topological polar surface area (TPSA) is 15.3 Å². The molecule has 1 aliphatic carbocycles. The second-order valence-corrected chi connectivity index (χ2v) is 6.62. The third-order valence-electron chi connectivity index (χ3n) is 5.24. The first-order valence-electron chi connectivity index (χ1n) is 8.05. The number of benzene rings is 1. The molecular formula is C17H23F3N2. The Hall–Kier alpha value is -1.07. The highest BCUT2D eigenvalue weighted by atomic mass is 19.4. The number of alkyl halides is 3. The van der Waals surface area contributed by atoms with E-state index in [1.807, 2.05) is 6.07 Å². The van der Waals surface area contributed by atoms with Gasteiger partial charge in [-0.1, -0.05) is 24.6 Å². The van der Waals surface area contributed by atoms with E-state index in [4.69, 9.17) is 0 Å². The van der Waals surface area contributed by atoms with Gasteiger partial charge in [-0.15, -0.1) is 0 Å². The summed E-state index contributed by atoms with van der Waals surface area (Å²) in [4.78, 5) is 2.43. The Morgan fingerprint density at radius 3 is 2.55 bits per heavy atom. The molecule has 2 nitrogen and oxygen atoms in total. The van der Waals surface area contributed by atoms with Crippen molar-refractivity contribution in [2.24, 2.45) is 0 Å². The third-order valence-corrected chi connectivity index (χ3v) is 5.24. The molecule has 2 unspecified atom stereocenters. The van der Waals surface area contributed by atoms with Crippen LogP contribution in [-0.4, -0.2) is 37.1 Å². The monoisotopic (exact) mass is 312 g/mol. The predicted molar refractivity (Wildman–Crippen MR) is 80.9 cm³/mol. The van der Waals surface area contributed by atoms with Crippen LogP contribution in [0.5, 0.6) is 0 Å². The van der Waals surface area contributed by atoms with Crippen molar-refractivity contribution >= 4 is 0 Å². The molecule has 122 valence electrons. The lowest BCUT2D eigenvalue weighted by atomic mass is 9.80. The molecule has 1 heterocycles. The van der Waals surface area contributed by atoms with Crippen LogP contribution in [0.1, 0.15) is 42.7 Å². The molecule has 2 fully saturated rings. The maximum atomic E-state index is 12.9. The molecule has 1 aliphatic heterocycles. The van der Waals surface area contributed by atoms with Crippen LogP contribution in [0.2, 0.25) is 0 Å². The highest BCUT2D eigenvalue weighted by molar-refractivity contribution is 5.28. The van der Waals surface area contributed by atoms with E-state index in [9.17, 15) is 13.2 Å². The van der Waals surface area contributed by atoms with Crippen LogP contribution in [0, 0.1) is 0 Å². The standard InChI is InChI=1S/C17H23F3N2/c1-22(16-10-21-11-16)15-7-3-5-13(9-15)12-4-2-6-14(8-12)17(18,19)20/h2,4,6,8,13,15-16,21H,3,5,7,9-11H2,1H3. The number of likely N-dealkylation sites (N-methyl/N-ethyl adjacent to an activating group) is 1. The number of hydrogen-bond acceptors (Lipinski definition) is 2. The van der Waals surface area contributed by atoms with Gasteiger partial charge in [-0.05, 0) is 43.9 Å². The Balaban J connectivity index is 1.71. The molecule has 22 heavy (non-hydrogen) atoms. The molecule has 0 aromatic heterocycles. The van der Waals surface area contributed by atoms with Gasteiger partial charge in [0.25, 0.3) is 0 Å². The van der Waals surface area contributed by atoms with E-state index in [0.29, 0.717) is 12.1 Å². The van der Waals surface area contributed by atoms with Crippen molar-refractivity contribution in [3.8, 4) is 0 Å². The minimum absolute atomic E-state index is 0.247. The molecule has 1 N–H and O–H groups in total. The Kier molecular flexibility index (Phi) is 4.46. The quantitative estimate of drug-likeness (QED) is 0.917. The molecule has 0 spiro atoms. The Labute approximate surface area is 129 Å². The van der Waals surface area contributed by atoms with Crippen molar-refractivity contribution in [2.75, 3.05) is 20.1 Å². The summed E-state index contributed by atoms with van der Waals surface area (Å²) in [6.07, 6.45) is -0.0418. The maximum absolute atomic E-state index is 12.9. The molecule has 0 amide bonds. The molecule has 2 atom stereocenters. The van der Waals surface area contributed by atoms with Gasteiger partial charge in [0.1, 0.15) is 0 Å². The minimum Gasteiger partial charge on any atom is -0.314 e. The Morgan fingerprint density at radius 1 is 1.14 bits per heavy atom. The van der Waals surface area contributed by atoms with E-state index in [2.05, 4.69) is 17.3 Å². The van der Waals surface area contributed by atoms with Gasteiger partial charge in [0.05, 0.1) is 5.56 Å². The van der Waals surface area contributed by atoms with Gasteiger partial charge >= 0.3 is 6.18 Å². The fraction of sp³-hybridized carbons (Fsp3) is 0.647. The number of nitrogens with zero attached hydrogens (tertiary/aromatic N) is 1. The van der Waals surface area contributed by atoms with Gasteiger partial charge in [-0.3, -0.25) is 4.90 Å². The molecule has 1 saturated heterocycles. The number of hydrogen-bond donors (Lipinski definition) is 1. The lowest BCUT2D eigenvalue weighted by molar-refractivity contribution is -0.137. The SMILES string of the molecule is CN(C1CNC1)C1CCCC(c2cccc(C(F)(F)F)c2)C1. The Morgan fingerprint density at radius 2 is 1.91 bits per heavy atom. The maximum Gasteiger partial charge on any atom is 0.416 e. The first kappa shape index (κ1) is 15.8. The largest absolute Gasteiger partial charge is 0.416 e. The van der Waals surface area contributed by atoms with Crippen molar-refractivity contribution in [1.82, 2.24) is 10.2 Å². The van der Waals surface area contributed by atoms with Crippen LogP contribution in [0.3, 0.4) is 0 Å². The molecule has 1 aromatic carbocycles. The van der Waals surface area contributed by atoms with Crippen molar-refractivity contribution in [3.63, 3.8) is 0 Å². The van der Waals surface area contributed by atoms with Crippen LogP contribution in [0.25, 0.3) is 0 Å². The van der Waals surface area contributed by atoms with Crippen molar-refractivity contribution in [3.05, 3.63) is 35.4 Å². The normalized spacial score (nSPS) is 27.0. The van der Waals surface area contributed by atoms with E-state index in [1.54, 1.807) is 6.07 Å². The van der Waals surface area contributed by atoms with Crippen molar-refractivity contribution in [1.29, 1.82) is 0 Å². The lowest BCUT2D eigenvalue weighted by Gasteiger charge is -2.43. The summed E-state index contributed by atoms with van der Waals surface area (Å²) in [5, 5.41) is 3.28. The van der Waals surface area contributed by atoms with E-state index in [0.717, 1.165) is 50.4 Å². The molecule has 0 bridgehead atoms. The Bertz CT molecular complexity index is 511. The summed E-state index contributed by atoms with van der Waals surface area (Å²) < 4.78 is 38.7. The number of nitrogens with one attached hydrogen (secondary N) is 1. The molecular weight excluding hydrogens is 289 g/mol. The van der Waals surface area contributed by atoms with E-state index in [-0.39, 0.29) is 5.92 Å². The van der Waals surface area contributed by atoms with Crippen molar-refractivity contribution in [2.45, 2.75) is 49.9 Å². The number of halogens is 3. The summed E-state index contributed by atoms with van der Waals surface area (Å²) in [6, 6.07) is 6.98. The van der Waals surface area contributed by atoms with Gasteiger partial charge in [0.15, 0.2) is 0 Å². The van der Waals surface area contributed by atoms with Gasteiger partial charge in [-0.2, -0.15) is 13.2 Å².